The van der Waals surface area contributed by atoms with Crippen LogP contribution in [0.1, 0.15) is 12.6 Å². The fourth-order valence-electron chi connectivity index (χ4n) is 1.60. The van der Waals surface area contributed by atoms with Gasteiger partial charge >= 0.3 is 0 Å². The lowest BCUT2D eigenvalue weighted by molar-refractivity contribution is 0.656. The van der Waals surface area contributed by atoms with E-state index in [1.54, 1.807) is 0 Å². The summed E-state index contributed by atoms with van der Waals surface area (Å²) in [5.74, 6) is 0. The van der Waals surface area contributed by atoms with E-state index in [-0.39, 0.29) is 0 Å². The molecule has 0 aliphatic carbocycles. The number of hydrogen-bond acceptors (Lipinski definition) is 1. The van der Waals surface area contributed by atoms with Gasteiger partial charge in [0.05, 0.1) is 11.4 Å². The van der Waals surface area contributed by atoms with Crippen molar-refractivity contribution in [3.8, 4) is 11.3 Å². The fourth-order valence-corrected chi connectivity index (χ4v) is 1.60. The first-order valence-electron chi connectivity index (χ1n) is 5.11. The van der Waals surface area contributed by atoms with Crippen LogP contribution < -0.4 is 0 Å². The fraction of sp³-hybridized carbons (Fsp3) is 0.154. The average molecular weight is 198 g/mol. The highest BCUT2D eigenvalue weighted by molar-refractivity contribution is 5.62. The summed E-state index contributed by atoms with van der Waals surface area (Å²) in [6.45, 7) is 6.73. The normalized spacial score (nSPS) is 10.2. The molecular weight excluding hydrogens is 184 g/mol. The zero-order valence-electron chi connectivity index (χ0n) is 8.85. The van der Waals surface area contributed by atoms with Gasteiger partial charge in [0, 0.05) is 12.1 Å². The minimum Gasteiger partial charge on any atom is -0.265 e. The van der Waals surface area contributed by atoms with Gasteiger partial charge in [-0.15, -0.1) is 0 Å². The maximum atomic E-state index is 4.52. The van der Waals surface area contributed by atoms with Gasteiger partial charge in [0.1, 0.15) is 0 Å². The van der Waals surface area contributed by atoms with Gasteiger partial charge < -0.3 is 0 Å². The van der Waals surface area contributed by atoms with Gasteiger partial charge in [-0.2, -0.15) is 5.10 Å². The Kier molecular flexibility index (Phi) is 2.68. The molecule has 0 radical (unpaired) electrons. The van der Waals surface area contributed by atoms with Crippen LogP contribution in [0.2, 0.25) is 0 Å². The van der Waals surface area contributed by atoms with Crippen LogP contribution in [0, 0.1) is 0 Å². The first kappa shape index (κ1) is 9.71. The van der Waals surface area contributed by atoms with Gasteiger partial charge in [-0.1, -0.05) is 36.9 Å². The number of aryl methyl sites for hydroxylation is 1. The molecule has 1 heterocycles. The maximum absolute atomic E-state index is 4.52. The molecule has 0 amide bonds. The van der Waals surface area contributed by atoms with E-state index < -0.39 is 0 Å². The van der Waals surface area contributed by atoms with Crippen molar-refractivity contribution < 1.29 is 0 Å². The Morgan fingerprint density at radius 3 is 2.60 bits per heavy atom. The highest BCUT2D eigenvalue weighted by Gasteiger charge is 2.04. The summed E-state index contributed by atoms with van der Waals surface area (Å²) in [5, 5.41) is 4.52. The van der Waals surface area contributed by atoms with Crippen LogP contribution >= 0.6 is 0 Å². The van der Waals surface area contributed by atoms with Crippen LogP contribution in [0.25, 0.3) is 17.3 Å². The molecule has 2 heteroatoms. The number of hydrogen-bond donors (Lipinski definition) is 0. The zero-order chi connectivity index (χ0) is 10.7. The van der Waals surface area contributed by atoms with Crippen molar-refractivity contribution in [1.82, 2.24) is 9.78 Å². The molecule has 0 atom stereocenters. The lowest BCUT2D eigenvalue weighted by atomic mass is 10.1. The van der Waals surface area contributed by atoms with E-state index in [1.807, 2.05) is 29.0 Å². The number of aromatic nitrogens is 2. The zero-order valence-corrected chi connectivity index (χ0v) is 8.85. The Labute approximate surface area is 89.9 Å². The topological polar surface area (TPSA) is 17.8 Å². The van der Waals surface area contributed by atoms with E-state index in [9.17, 15) is 0 Å². The molecule has 1 aromatic carbocycles. The van der Waals surface area contributed by atoms with Crippen molar-refractivity contribution in [3.63, 3.8) is 0 Å². The summed E-state index contributed by atoms with van der Waals surface area (Å²) in [6.07, 6.45) is 1.84. The standard InChI is InChI=1S/C13H14N2/c1-3-12-10-13(14-15(12)4-2)11-8-6-5-7-9-11/h3,5-10H,1,4H2,2H3. The number of rotatable bonds is 3. The molecule has 0 fully saturated rings. The van der Waals surface area contributed by atoms with Gasteiger partial charge in [0.2, 0.25) is 0 Å². The lowest BCUT2D eigenvalue weighted by Gasteiger charge is -1.97. The maximum Gasteiger partial charge on any atom is 0.0929 e. The molecular formula is C13H14N2. The van der Waals surface area contributed by atoms with Crippen LogP contribution in [0.4, 0.5) is 0 Å². The van der Waals surface area contributed by atoms with E-state index in [0.29, 0.717) is 0 Å². The summed E-state index contributed by atoms with van der Waals surface area (Å²) < 4.78 is 1.95. The summed E-state index contributed by atoms with van der Waals surface area (Å²) in [7, 11) is 0. The van der Waals surface area contributed by atoms with Gasteiger partial charge in [-0.05, 0) is 19.1 Å². The SMILES string of the molecule is C=Cc1cc(-c2ccccc2)nn1CC. The Bertz CT molecular complexity index is 455. The molecule has 0 saturated heterocycles. The third kappa shape index (κ3) is 1.84. The van der Waals surface area contributed by atoms with Crippen molar-refractivity contribution in [3.05, 3.63) is 48.7 Å². The quantitative estimate of drug-likeness (QED) is 0.740. The second-order valence-electron chi connectivity index (χ2n) is 3.34. The van der Waals surface area contributed by atoms with E-state index in [2.05, 4.69) is 36.8 Å². The predicted molar refractivity (Wildman–Crippen MR) is 63.4 cm³/mol. The molecule has 0 aliphatic heterocycles. The summed E-state index contributed by atoms with van der Waals surface area (Å²) >= 11 is 0. The van der Waals surface area contributed by atoms with E-state index >= 15 is 0 Å². The van der Waals surface area contributed by atoms with E-state index in [1.165, 1.54) is 0 Å². The Morgan fingerprint density at radius 2 is 2.07 bits per heavy atom. The van der Waals surface area contributed by atoms with Gasteiger partial charge in [0.15, 0.2) is 0 Å². The second kappa shape index (κ2) is 4.13. The van der Waals surface area contributed by atoms with Crippen molar-refractivity contribution >= 4 is 6.08 Å². The highest BCUT2D eigenvalue weighted by Crippen LogP contribution is 2.19. The van der Waals surface area contributed by atoms with Crippen molar-refractivity contribution in [2.75, 3.05) is 0 Å². The van der Waals surface area contributed by atoms with Gasteiger partial charge in [-0.3, -0.25) is 4.68 Å². The molecule has 2 aromatic rings. The molecule has 2 nitrogen and oxygen atoms in total. The van der Waals surface area contributed by atoms with Crippen molar-refractivity contribution in [1.29, 1.82) is 0 Å². The van der Waals surface area contributed by atoms with Crippen LogP contribution in [-0.4, -0.2) is 9.78 Å². The van der Waals surface area contributed by atoms with Crippen LogP contribution in [0.3, 0.4) is 0 Å². The molecule has 2 rings (SSSR count). The predicted octanol–water partition coefficient (Wildman–Crippen LogP) is 3.21. The Morgan fingerprint density at radius 1 is 1.33 bits per heavy atom. The third-order valence-corrected chi connectivity index (χ3v) is 2.39. The summed E-state index contributed by atoms with van der Waals surface area (Å²) in [4.78, 5) is 0. The van der Waals surface area contributed by atoms with Crippen LogP contribution in [0.15, 0.2) is 43.0 Å². The molecule has 0 N–H and O–H groups in total. The highest BCUT2D eigenvalue weighted by atomic mass is 15.3. The van der Waals surface area contributed by atoms with Gasteiger partial charge in [-0.25, -0.2) is 0 Å². The number of benzene rings is 1. The van der Waals surface area contributed by atoms with Crippen LogP contribution in [-0.2, 0) is 6.54 Å². The third-order valence-electron chi connectivity index (χ3n) is 2.39. The molecule has 0 saturated carbocycles. The minimum atomic E-state index is 0.869. The molecule has 0 aliphatic rings. The smallest absolute Gasteiger partial charge is 0.0929 e. The minimum absolute atomic E-state index is 0.869. The lowest BCUT2D eigenvalue weighted by Crippen LogP contribution is -1.98. The summed E-state index contributed by atoms with van der Waals surface area (Å²) in [5.41, 5.74) is 3.22. The Balaban J connectivity index is 2.46. The molecule has 76 valence electrons. The first-order chi connectivity index (χ1) is 7.35. The molecule has 0 spiro atoms. The molecule has 0 unspecified atom stereocenters. The summed E-state index contributed by atoms with van der Waals surface area (Å²) in [6, 6.07) is 12.2. The molecule has 0 bridgehead atoms. The number of nitrogens with zero attached hydrogens (tertiary/aromatic N) is 2. The molecule has 15 heavy (non-hydrogen) atoms. The monoisotopic (exact) mass is 198 g/mol. The van der Waals surface area contributed by atoms with E-state index in [4.69, 9.17) is 0 Å². The second-order valence-corrected chi connectivity index (χ2v) is 3.34. The van der Waals surface area contributed by atoms with Crippen LogP contribution in [0.5, 0.6) is 0 Å². The first-order valence-corrected chi connectivity index (χ1v) is 5.11. The largest absolute Gasteiger partial charge is 0.265 e. The van der Waals surface area contributed by atoms with E-state index in [0.717, 1.165) is 23.5 Å². The van der Waals surface area contributed by atoms with Gasteiger partial charge in [0.25, 0.3) is 0 Å². The Hall–Kier alpha value is -1.83. The van der Waals surface area contributed by atoms with Crippen molar-refractivity contribution in [2.45, 2.75) is 13.5 Å². The molecule has 1 aromatic heterocycles. The average Bonchev–Trinajstić information content (AvgIpc) is 2.73. The van der Waals surface area contributed by atoms with Crippen molar-refractivity contribution in [2.24, 2.45) is 0 Å².